The van der Waals surface area contributed by atoms with Crippen molar-refractivity contribution in [2.24, 2.45) is 0 Å². The molecule has 1 aromatic rings. The van der Waals surface area contributed by atoms with E-state index in [2.05, 4.69) is 6.07 Å². The number of hydrogen-bond donors (Lipinski definition) is 0. The van der Waals surface area contributed by atoms with Gasteiger partial charge in [0.05, 0.1) is 12.1 Å². The highest BCUT2D eigenvalue weighted by atomic mass is 35.5. The summed E-state index contributed by atoms with van der Waals surface area (Å²) in [6.45, 7) is 2.41. The first-order chi connectivity index (χ1) is 7.06. The van der Waals surface area contributed by atoms with Gasteiger partial charge < -0.3 is 0 Å². The SMILES string of the molecule is CC(C#N)N(C)Cc1c(Cl)cccc1Cl. The topological polar surface area (TPSA) is 27.0 Å². The van der Waals surface area contributed by atoms with Crippen LogP contribution in [0.25, 0.3) is 0 Å². The van der Waals surface area contributed by atoms with Crippen LogP contribution in [0.1, 0.15) is 12.5 Å². The minimum atomic E-state index is -0.155. The number of nitrogens with zero attached hydrogens (tertiary/aromatic N) is 2. The average Bonchev–Trinajstić information content (AvgIpc) is 2.22. The van der Waals surface area contributed by atoms with E-state index in [0.29, 0.717) is 16.6 Å². The largest absolute Gasteiger partial charge is 0.287 e. The molecule has 0 saturated heterocycles. The van der Waals surface area contributed by atoms with Crippen LogP contribution in [0, 0.1) is 11.3 Å². The maximum atomic E-state index is 8.76. The van der Waals surface area contributed by atoms with Gasteiger partial charge in [-0.1, -0.05) is 29.3 Å². The lowest BCUT2D eigenvalue weighted by Crippen LogP contribution is -2.27. The molecule has 15 heavy (non-hydrogen) atoms. The Labute approximate surface area is 100 Å². The minimum Gasteiger partial charge on any atom is -0.287 e. The fourth-order valence-corrected chi connectivity index (χ4v) is 1.69. The predicted molar refractivity (Wildman–Crippen MR) is 63.0 cm³/mol. The number of rotatable bonds is 3. The molecule has 4 heteroatoms. The van der Waals surface area contributed by atoms with E-state index >= 15 is 0 Å². The minimum absolute atomic E-state index is 0.155. The summed E-state index contributed by atoms with van der Waals surface area (Å²) in [6, 6.07) is 7.41. The number of nitriles is 1. The first-order valence-corrected chi connectivity index (χ1v) is 5.34. The van der Waals surface area contributed by atoms with E-state index in [9.17, 15) is 0 Å². The van der Waals surface area contributed by atoms with Crippen molar-refractivity contribution in [3.63, 3.8) is 0 Å². The molecule has 0 saturated carbocycles. The predicted octanol–water partition coefficient (Wildman–Crippen LogP) is 3.34. The molecule has 2 nitrogen and oxygen atoms in total. The van der Waals surface area contributed by atoms with Gasteiger partial charge >= 0.3 is 0 Å². The molecular formula is C11H12Cl2N2. The van der Waals surface area contributed by atoms with Crippen LogP contribution in [-0.4, -0.2) is 18.0 Å². The van der Waals surface area contributed by atoms with Crippen LogP contribution in [0.4, 0.5) is 0 Å². The van der Waals surface area contributed by atoms with Crippen LogP contribution in [0.5, 0.6) is 0 Å². The molecule has 0 aromatic heterocycles. The third-order valence-corrected chi connectivity index (χ3v) is 3.03. The van der Waals surface area contributed by atoms with Crippen LogP contribution < -0.4 is 0 Å². The Bertz CT molecular complexity index is 364. The Morgan fingerprint density at radius 2 is 1.93 bits per heavy atom. The lowest BCUT2D eigenvalue weighted by molar-refractivity contribution is 0.294. The fraction of sp³-hybridized carbons (Fsp3) is 0.364. The van der Waals surface area contributed by atoms with Gasteiger partial charge in [0.25, 0.3) is 0 Å². The molecule has 1 unspecified atom stereocenters. The molecular weight excluding hydrogens is 231 g/mol. The Hall–Kier alpha value is -0.750. The summed E-state index contributed by atoms with van der Waals surface area (Å²) in [7, 11) is 1.87. The van der Waals surface area contributed by atoms with Gasteiger partial charge in [-0.2, -0.15) is 5.26 Å². The lowest BCUT2D eigenvalue weighted by Gasteiger charge is -2.20. The fourth-order valence-electron chi connectivity index (χ4n) is 1.17. The zero-order chi connectivity index (χ0) is 11.4. The Morgan fingerprint density at radius 1 is 1.40 bits per heavy atom. The zero-order valence-corrected chi connectivity index (χ0v) is 10.2. The monoisotopic (exact) mass is 242 g/mol. The molecule has 1 atom stereocenters. The molecule has 0 heterocycles. The van der Waals surface area contributed by atoms with Crippen molar-refractivity contribution >= 4 is 23.2 Å². The van der Waals surface area contributed by atoms with Crippen molar-refractivity contribution in [3.8, 4) is 6.07 Å². The van der Waals surface area contributed by atoms with Crippen molar-refractivity contribution < 1.29 is 0 Å². The van der Waals surface area contributed by atoms with Crippen LogP contribution >= 0.6 is 23.2 Å². The van der Waals surface area contributed by atoms with Gasteiger partial charge in [0.2, 0.25) is 0 Å². The molecule has 0 aliphatic rings. The molecule has 0 bridgehead atoms. The van der Waals surface area contributed by atoms with Gasteiger partial charge in [-0.15, -0.1) is 0 Å². The highest BCUT2D eigenvalue weighted by Gasteiger charge is 2.12. The Kier molecular flexibility index (Phi) is 4.41. The molecule has 0 spiro atoms. The molecule has 0 fully saturated rings. The van der Waals surface area contributed by atoms with Gasteiger partial charge in [-0.25, -0.2) is 0 Å². The van der Waals surface area contributed by atoms with Gasteiger partial charge in [0.15, 0.2) is 0 Å². The highest BCUT2D eigenvalue weighted by molar-refractivity contribution is 6.35. The van der Waals surface area contributed by atoms with Gasteiger partial charge in [0, 0.05) is 22.2 Å². The summed E-state index contributed by atoms with van der Waals surface area (Å²) in [5, 5.41) is 10.0. The third kappa shape index (κ3) is 3.10. The molecule has 0 aliphatic heterocycles. The van der Waals surface area contributed by atoms with Crippen molar-refractivity contribution in [1.82, 2.24) is 4.90 Å². The first-order valence-electron chi connectivity index (χ1n) is 4.59. The second-order valence-corrected chi connectivity index (χ2v) is 4.23. The Balaban J connectivity index is 2.86. The summed E-state index contributed by atoms with van der Waals surface area (Å²) in [4.78, 5) is 1.90. The summed E-state index contributed by atoms with van der Waals surface area (Å²) < 4.78 is 0. The van der Waals surface area contributed by atoms with Gasteiger partial charge in [-0.3, -0.25) is 4.90 Å². The standard InChI is InChI=1S/C11H12Cl2N2/c1-8(6-14)15(2)7-9-10(12)4-3-5-11(9)13/h3-5,8H,7H2,1-2H3. The summed E-state index contributed by atoms with van der Waals surface area (Å²) in [5.41, 5.74) is 0.866. The average molecular weight is 243 g/mol. The molecule has 80 valence electrons. The van der Waals surface area contributed by atoms with Gasteiger partial charge in [0.1, 0.15) is 0 Å². The molecule has 1 aromatic carbocycles. The number of benzene rings is 1. The highest BCUT2D eigenvalue weighted by Crippen LogP contribution is 2.25. The molecule has 0 aliphatic carbocycles. The van der Waals surface area contributed by atoms with E-state index in [4.69, 9.17) is 28.5 Å². The number of hydrogen-bond acceptors (Lipinski definition) is 2. The van der Waals surface area contributed by atoms with Crippen molar-refractivity contribution in [1.29, 1.82) is 5.26 Å². The van der Waals surface area contributed by atoms with Crippen molar-refractivity contribution in [2.75, 3.05) is 7.05 Å². The first kappa shape index (κ1) is 12.3. The number of halogens is 2. The van der Waals surface area contributed by atoms with E-state index in [1.54, 1.807) is 12.1 Å². The molecule has 0 radical (unpaired) electrons. The van der Waals surface area contributed by atoms with E-state index in [0.717, 1.165) is 5.56 Å². The summed E-state index contributed by atoms with van der Waals surface area (Å²) >= 11 is 12.1. The van der Waals surface area contributed by atoms with Crippen LogP contribution in [0.2, 0.25) is 10.0 Å². The second-order valence-electron chi connectivity index (χ2n) is 3.42. The van der Waals surface area contributed by atoms with E-state index < -0.39 is 0 Å². The maximum absolute atomic E-state index is 8.76. The third-order valence-electron chi connectivity index (χ3n) is 2.32. The lowest BCUT2D eigenvalue weighted by atomic mass is 10.2. The van der Waals surface area contributed by atoms with Crippen LogP contribution in [0.3, 0.4) is 0 Å². The molecule has 0 amide bonds. The normalized spacial score (nSPS) is 12.5. The molecule has 1 rings (SSSR count). The smallest absolute Gasteiger partial charge is 0.0949 e. The Morgan fingerprint density at radius 3 is 2.40 bits per heavy atom. The molecule has 0 N–H and O–H groups in total. The zero-order valence-electron chi connectivity index (χ0n) is 8.67. The van der Waals surface area contributed by atoms with Crippen LogP contribution in [0.15, 0.2) is 18.2 Å². The summed E-state index contributed by atoms with van der Waals surface area (Å²) in [5.74, 6) is 0. The van der Waals surface area contributed by atoms with Crippen molar-refractivity contribution in [2.45, 2.75) is 19.5 Å². The second kappa shape index (κ2) is 5.37. The van der Waals surface area contributed by atoms with E-state index in [-0.39, 0.29) is 6.04 Å². The quantitative estimate of drug-likeness (QED) is 0.814. The summed E-state index contributed by atoms with van der Waals surface area (Å²) in [6.07, 6.45) is 0. The van der Waals surface area contributed by atoms with Gasteiger partial charge in [-0.05, 0) is 26.1 Å². The van der Waals surface area contributed by atoms with E-state index in [1.165, 1.54) is 0 Å². The van der Waals surface area contributed by atoms with Crippen molar-refractivity contribution in [3.05, 3.63) is 33.8 Å². The van der Waals surface area contributed by atoms with Crippen LogP contribution in [-0.2, 0) is 6.54 Å². The maximum Gasteiger partial charge on any atom is 0.0949 e. The van der Waals surface area contributed by atoms with E-state index in [1.807, 2.05) is 24.9 Å².